The molecule has 144 valence electrons. The number of nitrogens with zero attached hydrogens (tertiary/aromatic N) is 1. The summed E-state index contributed by atoms with van der Waals surface area (Å²) in [6.45, 7) is 2.71. The highest BCUT2D eigenvalue weighted by molar-refractivity contribution is 7.93. The van der Waals surface area contributed by atoms with Crippen molar-refractivity contribution in [3.8, 4) is 0 Å². The zero-order valence-electron chi connectivity index (χ0n) is 14.4. The van der Waals surface area contributed by atoms with Crippen molar-refractivity contribution in [2.75, 3.05) is 11.3 Å². The molecule has 3 rings (SSSR count). The molecule has 5 nitrogen and oxygen atoms in total. The molecule has 0 fully saturated rings. The average molecular weight is 398 g/mol. The number of benzene rings is 2. The van der Waals surface area contributed by atoms with Crippen molar-refractivity contribution in [2.24, 2.45) is 0 Å². The maximum Gasteiger partial charge on any atom is 0.516 e. The first-order chi connectivity index (χ1) is 12.6. The molecule has 0 unspecified atom stereocenters. The summed E-state index contributed by atoms with van der Waals surface area (Å²) in [5.41, 5.74) is -2.28. The number of nitrogens with one attached hydrogen (secondary N) is 1. The van der Waals surface area contributed by atoms with E-state index in [1.807, 2.05) is 25.1 Å². The van der Waals surface area contributed by atoms with Crippen molar-refractivity contribution < 1.29 is 26.4 Å². The molecule has 27 heavy (non-hydrogen) atoms. The summed E-state index contributed by atoms with van der Waals surface area (Å²) in [6, 6.07) is 11.2. The minimum absolute atomic E-state index is 0.0869. The molecular formula is C18H17F3N2O3S. The summed E-state index contributed by atoms with van der Waals surface area (Å²) in [5.74, 6) is -0.0869. The lowest BCUT2D eigenvalue weighted by atomic mass is 9.94. The van der Waals surface area contributed by atoms with Gasteiger partial charge in [-0.1, -0.05) is 30.3 Å². The van der Waals surface area contributed by atoms with E-state index in [-0.39, 0.29) is 11.6 Å². The van der Waals surface area contributed by atoms with Gasteiger partial charge in [0.2, 0.25) is 0 Å². The Morgan fingerprint density at radius 3 is 2.41 bits per heavy atom. The third kappa shape index (κ3) is 3.92. The second-order valence-electron chi connectivity index (χ2n) is 6.33. The Labute approximate surface area is 154 Å². The molecule has 0 saturated heterocycles. The van der Waals surface area contributed by atoms with Crippen LogP contribution < -0.4 is 4.72 Å². The van der Waals surface area contributed by atoms with Gasteiger partial charge in [0.25, 0.3) is 5.91 Å². The fraction of sp³-hybridized carbons (Fsp3) is 0.278. The predicted octanol–water partition coefficient (Wildman–Crippen LogP) is 3.46. The van der Waals surface area contributed by atoms with Crippen molar-refractivity contribution >= 4 is 21.6 Å². The quantitative estimate of drug-likeness (QED) is 0.858. The van der Waals surface area contributed by atoms with Gasteiger partial charge in [0, 0.05) is 24.3 Å². The van der Waals surface area contributed by atoms with Crippen LogP contribution in [0.25, 0.3) is 0 Å². The molecule has 0 bridgehead atoms. The fourth-order valence-corrected chi connectivity index (χ4v) is 3.58. The van der Waals surface area contributed by atoms with Crippen LogP contribution in [0.1, 0.15) is 27.0 Å². The minimum atomic E-state index is -5.45. The molecule has 0 spiro atoms. The highest BCUT2D eigenvalue weighted by Gasteiger charge is 2.46. The number of fused-ring (bicyclic) bond motifs is 1. The third-order valence-electron chi connectivity index (χ3n) is 4.40. The lowest BCUT2D eigenvalue weighted by Gasteiger charge is -2.29. The van der Waals surface area contributed by atoms with Gasteiger partial charge < -0.3 is 4.90 Å². The summed E-state index contributed by atoms with van der Waals surface area (Å²) in [6.07, 6.45) is 0.728. The summed E-state index contributed by atoms with van der Waals surface area (Å²) in [5, 5.41) is 0. The maximum atomic E-state index is 12.7. The largest absolute Gasteiger partial charge is 0.516 e. The van der Waals surface area contributed by atoms with Crippen LogP contribution in [0.3, 0.4) is 0 Å². The van der Waals surface area contributed by atoms with E-state index in [0.29, 0.717) is 24.2 Å². The maximum absolute atomic E-state index is 12.7. The van der Waals surface area contributed by atoms with Gasteiger partial charge in [0.15, 0.2) is 0 Å². The van der Waals surface area contributed by atoms with Gasteiger partial charge in [0.05, 0.1) is 0 Å². The summed E-state index contributed by atoms with van der Waals surface area (Å²) in [4.78, 5) is 14.4. The number of rotatable bonds is 4. The first-order valence-corrected chi connectivity index (χ1v) is 9.62. The van der Waals surface area contributed by atoms with Gasteiger partial charge in [-0.2, -0.15) is 21.6 Å². The van der Waals surface area contributed by atoms with Crippen LogP contribution in [0.2, 0.25) is 0 Å². The molecule has 1 amide bonds. The molecule has 0 atom stereocenters. The number of hydrogen-bond acceptors (Lipinski definition) is 3. The van der Waals surface area contributed by atoms with Crippen molar-refractivity contribution in [3.63, 3.8) is 0 Å². The minimum Gasteiger partial charge on any atom is -0.334 e. The van der Waals surface area contributed by atoms with E-state index in [0.717, 1.165) is 17.5 Å². The van der Waals surface area contributed by atoms with Crippen LogP contribution in [-0.4, -0.2) is 31.3 Å². The van der Waals surface area contributed by atoms with Gasteiger partial charge in [-0.15, -0.1) is 0 Å². The van der Waals surface area contributed by atoms with Gasteiger partial charge >= 0.3 is 15.5 Å². The standard InChI is InChI=1S/C18H17F3N2O3S/c1-12-3-2-4-14-9-10-23(17(24)16(12)14)11-13-5-7-15(8-6-13)22-27(25,26)18(19,20)21/h2-8,22H,9-11H2,1H3. The second-order valence-corrected chi connectivity index (χ2v) is 8.01. The number of alkyl halides is 3. The first-order valence-electron chi connectivity index (χ1n) is 8.14. The molecule has 0 saturated carbocycles. The molecule has 0 aromatic heterocycles. The van der Waals surface area contributed by atoms with E-state index in [9.17, 15) is 26.4 Å². The van der Waals surface area contributed by atoms with Crippen LogP contribution in [-0.2, 0) is 23.0 Å². The molecule has 2 aromatic carbocycles. The normalized spacial score (nSPS) is 14.8. The summed E-state index contributed by atoms with van der Waals surface area (Å²) < 4.78 is 61.0. The number of carbonyl (C=O) groups is 1. The molecule has 2 aromatic rings. The molecule has 9 heteroatoms. The first kappa shape index (κ1) is 19.2. The van der Waals surface area contributed by atoms with Crippen molar-refractivity contribution in [1.82, 2.24) is 4.90 Å². The molecule has 0 radical (unpaired) electrons. The Bertz CT molecular complexity index is 970. The van der Waals surface area contributed by atoms with E-state index >= 15 is 0 Å². The van der Waals surface area contributed by atoms with E-state index < -0.39 is 15.5 Å². The van der Waals surface area contributed by atoms with E-state index in [4.69, 9.17) is 0 Å². The molecule has 1 heterocycles. The zero-order chi connectivity index (χ0) is 19.8. The van der Waals surface area contributed by atoms with Crippen LogP contribution >= 0.6 is 0 Å². The van der Waals surface area contributed by atoms with Gasteiger partial charge in [-0.25, -0.2) is 0 Å². The summed E-state index contributed by atoms with van der Waals surface area (Å²) in [7, 11) is -5.45. The van der Waals surface area contributed by atoms with Crippen molar-refractivity contribution in [1.29, 1.82) is 0 Å². The molecule has 0 aliphatic carbocycles. The average Bonchev–Trinajstić information content (AvgIpc) is 2.58. The number of sulfonamides is 1. The number of hydrogen-bond donors (Lipinski definition) is 1. The Hall–Kier alpha value is -2.55. The number of halogens is 3. The van der Waals surface area contributed by atoms with Crippen molar-refractivity contribution in [3.05, 3.63) is 64.7 Å². The van der Waals surface area contributed by atoms with E-state index in [1.54, 1.807) is 4.90 Å². The van der Waals surface area contributed by atoms with Crippen LogP contribution in [0, 0.1) is 6.92 Å². The highest BCUT2D eigenvalue weighted by Crippen LogP contribution is 2.26. The lowest BCUT2D eigenvalue weighted by Crippen LogP contribution is -2.37. The Balaban J connectivity index is 1.73. The number of amides is 1. The lowest BCUT2D eigenvalue weighted by molar-refractivity contribution is -0.0429. The fourth-order valence-electron chi connectivity index (χ4n) is 3.02. The van der Waals surface area contributed by atoms with E-state index in [2.05, 4.69) is 0 Å². The number of carbonyl (C=O) groups excluding carboxylic acids is 1. The van der Waals surface area contributed by atoms with E-state index in [1.165, 1.54) is 29.0 Å². The Kier molecular flexibility index (Phi) is 4.90. The molecule has 1 N–H and O–H groups in total. The SMILES string of the molecule is Cc1cccc2c1C(=O)N(Cc1ccc(NS(=O)(=O)C(F)(F)F)cc1)CC2. The van der Waals surface area contributed by atoms with Crippen LogP contribution in [0.5, 0.6) is 0 Å². The third-order valence-corrected chi connectivity index (χ3v) is 5.51. The Morgan fingerprint density at radius 1 is 1.11 bits per heavy atom. The van der Waals surface area contributed by atoms with Gasteiger partial charge in [-0.3, -0.25) is 9.52 Å². The predicted molar refractivity (Wildman–Crippen MR) is 94.7 cm³/mol. The van der Waals surface area contributed by atoms with Crippen molar-refractivity contribution in [2.45, 2.75) is 25.4 Å². The molecule has 1 aliphatic rings. The van der Waals surface area contributed by atoms with Gasteiger partial charge in [0.1, 0.15) is 0 Å². The summed E-state index contributed by atoms with van der Waals surface area (Å²) >= 11 is 0. The molecule has 1 aliphatic heterocycles. The Morgan fingerprint density at radius 2 is 1.78 bits per heavy atom. The number of anilines is 1. The van der Waals surface area contributed by atoms with Crippen LogP contribution in [0.15, 0.2) is 42.5 Å². The number of aryl methyl sites for hydroxylation is 1. The highest BCUT2D eigenvalue weighted by atomic mass is 32.2. The zero-order valence-corrected chi connectivity index (χ0v) is 15.2. The molecular weight excluding hydrogens is 381 g/mol. The van der Waals surface area contributed by atoms with Crippen LogP contribution in [0.4, 0.5) is 18.9 Å². The van der Waals surface area contributed by atoms with Gasteiger partial charge in [-0.05, 0) is 42.2 Å². The smallest absolute Gasteiger partial charge is 0.334 e. The topological polar surface area (TPSA) is 66.5 Å². The monoisotopic (exact) mass is 398 g/mol. The second kappa shape index (κ2) is 6.88.